The maximum Gasteiger partial charge on any atom is 0.191 e. The zero-order valence-corrected chi connectivity index (χ0v) is 6.74. The standard InChI is InChI=1S/C9H9O3/c1-12-8-4-2-7(3-5-8)9(11)6-10/h2-5H,6H2,1H3. The van der Waals surface area contributed by atoms with Gasteiger partial charge < -0.3 is 4.74 Å². The van der Waals surface area contributed by atoms with Gasteiger partial charge in [-0.15, -0.1) is 0 Å². The SMILES string of the molecule is COc1ccc(C(=O)C[O])cc1. The fourth-order valence-electron chi connectivity index (χ4n) is 0.860. The molecular weight excluding hydrogens is 156 g/mol. The molecule has 0 bridgehead atoms. The first-order valence-corrected chi connectivity index (χ1v) is 3.53. The average Bonchev–Trinajstić information content (AvgIpc) is 2.17. The lowest BCUT2D eigenvalue weighted by atomic mass is 10.1. The number of hydrogen-bond donors (Lipinski definition) is 0. The minimum absolute atomic E-state index is 0.391. The number of Topliss-reactive ketones (excluding diaryl/α,β-unsaturated/α-hetero) is 1. The van der Waals surface area contributed by atoms with Crippen LogP contribution in [0.25, 0.3) is 0 Å². The van der Waals surface area contributed by atoms with Crippen LogP contribution in [-0.2, 0) is 5.11 Å². The van der Waals surface area contributed by atoms with Crippen molar-refractivity contribution in [3.8, 4) is 5.75 Å². The highest BCUT2D eigenvalue weighted by Gasteiger charge is 2.03. The largest absolute Gasteiger partial charge is 0.497 e. The smallest absolute Gasteiger partial charge is 0.191 e. The van der Waals surface area contributed by atoms with E-state index in [4.69, 9.17) is 4.74 Å². The van der Waals surface area contributed by atoms with Gasteiger partial charge in [0, 0.05) is 5.56 Å². The summed E-state index contributed by atoms with van der Waals surface area (Å²) >= 11 is 0. The first-order valence-electron chi connectivity index (χ1n) is 3.53. The summed E-state index contributed by atoms with van der Waals surface area (Å²) in [5.41, 5.74) is 0.436. The molecule has 1 aromatic rings. The Morgan fingerprint density at radius 1 is 1.33 bits per heavy atom. The maximum absolute atomic E-state index is 10.9. The Balaban J connectivity index is 2.84. The summed E-state index contributed by atoms with van der Waals surface area (Å²) in [6.45, 7) is -0.702. The Kier molecular flexibility index (Phi) is 2.82. The van der Waals surface area contributed by atoms with Crippen LogP contribution >= 0.6 is 0 Å². The zero-order valence-electron chi connectivity index (χ0n) is 6.74. The molecule has 0 N–H and O–H groups in total. The van der Waals surface area contributed by atoms with Gasteiger partial charge in [0.1, 0.15) is 12.4 Å². The van der Waals surface area contributed by atoms with E-state index in [0.29, 0.717) is 11.3 Å². The van der Waals surface area contributed by atoms with Crippen molar-refractivity contribution in [3.05, 3.63) is 29.8 Å². The van der Waals surface area contributed by atoms with Gasteiger partial charge in [0.15, 0.2) is 5.78 Å². The summed E-state index contributed by atoms with van der Waals surface area (Å²) in [5, 5.41) is 10.2. The van der Waals surface area contributed by atoms with Gasteiger partial charge in [-0.3, -0.25) is 4.79 Å². The van der Waals surface area contributed by atoms with Crippen LogP contribution in [0.5, 0.6) is 5.75 Å². The van der Waals surface area contributed by atoms with E-state index in [9.17, 15) is 9.90 Å². The van der Waals surface area contributed by atoms with E-state index in [1.165, 1.54) is 0 Å². The van der Waals surface area contributed by atoms with Crippen molar-refractivity contribution in [2.24, 2.45) is 0 Å². The molecule has 0 aliphatic heterocycles. The second-order valence-electron chi connectivity index (χ2n) is 2.30. The molecule has 0 unspecified atom stereocenters. The number of ether oxygens (including phenoxy) is 1. The minimum Gasteiger partial charge on any atom is -0.497 e. The molecule has 0 atom stereocenters. The van der Waals surface area contributed by atoms with Crippen LogP contribution in [0.2, 0.25) is 0 Å². The molecule has 0 aliphatic rings. The van der Waals surface area contributed by atoms with Crippen LogP contribution in [0.15, 0.2) is 24.3 Å². The number of ketones is 1. The highest BCUT2D eigenvalue weighted by molar-refractivity contribution is 5.96. The van der Waals surface area contributed by atoms with E-state index in [1.54, 1.807) is 31.4 Å². The maximum atomic E-state index is 10.9. The van der Waals surface area contributed by atoms with Crippen molar-refractivity contribution < 1.29 is 14.6 Å². The number of benzene rings is 1. The Bertz CT molecular complexity index is 264. The van der Waals surface area contributed by atoms with Gasteiger partial charge in [-0.25, -0.2) is 5.11 Å². The van der Waals surface area contributed by atoms with Gasteiger partial charge in [-0.2, -0.15) is 0 Å². The Hall–Kier alpha value is -1.35. The normalized spacial score (nSPS) is 9.50. The van der Waals surface area contributed by atoms with Crippen LogP contribution in [0.3, 0.4) is 0 Å². The third-order valence-corrected chi connectivity index (χ3v) is 1.54. The predicted molar refractivity (Wildman–Crippen MR) is 42.9 cm³/mol. The molecule has 0 saturated carbocycles. The molecule has 3 heteroatoms. The van der Waals surface area contributed by atoms with E-state index in [2.05, 4.69) is 0 Å². The molecular formula is C9H9O3. The molecule has 1 aromatic carbocycles. The lowest BCUT2D eigenvalue weighted by Gasteiger charge is -1.99. The van der Waals surface area contributed by atoms with Crippen molar-refractivity contribution in [1.82, 2.24) is 0 Å². The molecule has 0 spiro atoms. The number of carbonyl (C=O) groups excluding carboxylic acids is 1. The van der Waals surface area contributed by atoms with Crippen LogP contribution in [0, 0.1) is 0 Å². The van der Waals surface area contributed by atoms with E-state index in [1.807, 2.05) is 0 Å². The molecule has 0 aromatic heterocycles. The monoisotopic (exact) mass is 165 g/mol. The molecule has 0 aliphatic carbocycles. The first kappa shape index (κ1) is 8.74. The topological polar surface area (TPSA) is 46.2 Å². The Labute approximate surface area is 70.6 Å². The molecule has 0 heterocycles. The molecule has 63 valence electrons. The van der Waals surface area contributed by atoms with Gasteiger partial charge in [0.2, 0.25) is 0 Å². The lowest BCUT2D eigenvalue weighted by molar-refractivity contribution is 0.0827. The molecule has 1 rings (SSSR count). The number of rotatable bonds is 3. The summed E-state index contributed by atoms with van der Waals surface area (Å²) in [7, 11) is 1.55. The highest BCUT2D eigenvalue weighted by atomic mass is 16.5. The summed E-state index contributed by atoms with van der Waals surface area (Å²) < 4.78 is 4.89. The lowest BCUT2D eigenvalue weighted by Crippen LogP contribution is -2.02. The second-order valence-corrected chi connectivity index (χ2v) is 2.30. The zero-order chi connectivity index (χ0) is 8.97. The molecule has 0 saturated heterocycles. The fraction of sp³-hybridized carbons (Fsp3) is 0.222. The Morgan fingerprint density at radius 3 is 2.33 bits per heavy atom. The van der Waals surface area contributed by atoms with Crippen LogP contribution < -0.4 is 4.74 Å². The third-order valence-electron chi connectivity index (χ3n) is 1.54. The highest BCUT2D eigenvalue weighted by Crippen LogP contribution is 2.11. The molecule has 0 amide bonds. The van der Waals surface area contributed by atoms with E-state index in [0.717, 1.165) is 0 Å². The van der Waals surface area contributed by atoms with Gasteiger partial charge >= 0.3 is 0 Å². The number of carbonyl (C=O) groups is 1. The van der Waals surface area contributed by atoms with Crippen molar-refractivity contribution in [2.45, 2.75) is 0 Å². The first-order chi connectivity index (χ1) is 5.77. The van der Waals surface area contributed by atoms with E-state index < -0.39 is 12.4 Å². The third kappa shape index (κ3) is 1.83. The number of methoxy groups -OCH3 is 1. The number of hydrogen-bond acceptors (Lipinski definition) is 2. The Morgan fingerprint density at radius 2 is 1.92 bits per heavy atom. The van der Waals surface area contributed by atoms with E-state index in [-0.39, 0.29) is 0 Å². The quantitative estimate of drug-likeness (QED) is 0.634. The summed E-state index contributed by atoms with van der Waals surface area (Å²) in [6.07, 6.45) is 0. The van der Waals surface area contributed by atoms with Gasteiger partial charge in [-0.1, -0.05) is 0 Å². The van der Waals surface area contributed by atoms with Crippen LogP contribution in [0.4, 0.5) is 0 Å². The predicted octanol–water partition coefficient (Wildman–Crippen LogP) is 1.31. The fourth-order valence-corrected chi connectivity index (χ4v) is 0.860. The summed E-state index contributed by atoms with van der Waals surface area (Å²) in [4.78, 5) is 10.9. The second kappa shape index (κ2) is 3.88. The molecule has 12 heavy (non-hydrogen) atoms. The average molecular weight is 165 g/mol. The van der Waals surface area contributed by atoms with Crippen molar-refractivity contribution in [1.29, 1.82) is 0 Å². The summed E-state index contributed by atoms with van der Waals surface area (Å²) in [5.74, 6) is 0.287. The van der Waals surface area contributed by atoms with Crippen molar-refractivity contribution >= 4 is 5.78 Å². The van der Waals surface area contributed by atoms with Crippen LogP contribution in [-0.4, -0.2) is 19.5 Å². The van der Waals surface area contributed by atoms with E-state index >= 15 is 0 Å². The van der Waals surface area contributed by atoms with Crippen molar-refractivity contribution in [2.75, 3.05) is 13.7 Å². The van der Waals surface area contributed by atoms with Crippen molar-refractivity contribution in [3.63, 3.8) is 0 Å². The van der Waals surface area contributed by atoms with Gasteiger partial charge in [-0.05, 0) is 24.3 Å². The minimum atomic E-state index is -0.702. The summed E-state index contributed by atoms with van der Waals surface area (Å²) in [6, 6.07) is 6.48. The molecule has 0 fully saturated rings. The van der Waals surface area contributed by atoms with Gasteiger partial charge in [0.05, 0.1) is 7.11 Å². The van der Waals surface area contributed by atoms with Gasteiger partial charge in [0.25, 0.3) is 0 Å². The molecule has 3 nitrogen and oxygen atoms in total. The van der Waals surface area contributed by atoms with Crippen LogP contribution in [0.1, 0.15) is 10.4 Å². The molecule has 1 radical (unpaired) electrons.